The number of para-hydroxylation sites is 2. The number of aromatic nitrogens is 2. The molecule has 0 saturated carbocycles. The number of amides is 1. The molecular weight excluding hydrogens is 392 g/mol. The van der Waals surface area contributed by atoms with Gasteiger partial charge >= 0.3 is 0 Å². The highest BCUT2D eigenvalue weighted by molar-refractivity contribution is 7.99. The van der Waals surface area contributed by atoms with Crippen LogP contribution in [0.4, 0.5) is 5.69 Å². The number of thioether (sulfide) groups is 1. The van der Waals surface area contributed by atoms with Crippen LogP contribution in [-0.2, 0) is 11.3 Å². The van der Waals surface area contributed by atoms with Crippen molar-refractivity contribution in [2.45, 2.75) is 18.6 Å². The lowest BCUT2D eigenvalue weighted by Crippen LogP contribution is -2.49. The molecule has 1 fully saturated rings. The molecule has 1 aromatic heterocycles. The van der Waals surface area contributed by atoms with Crippen molar-refractivity contribution in [2.75, 3.05) is 36.8 Å². The second-order valence-electron chi connectivity index (χ2n) is 6.76. The highest BCUT2D eigenvalue weighted by Crippen LogP contribution is 2.25. The lowest BCUT2D eigenvalue weighted by molar-refractivity contribution is -0.128. The molecule has 3 aromatic rings. The zero-order valence-corrected chi connectivity index (χ0v) is 17.4. The van der Waals surface area contributed by atoms with Crippen molar-refractivity contribution in [3.05, 3.63) is 53.6 Å². The molecule has 1 saturated heterocycles. The van der Waals surface area contributed by atoms with Gasteiger partial charge in [-0.25, -0.2) is 4.98 Å². The topological polar surface area (TPSA) is 41.4 Å². The first-order valence-electron chi connectivity index (χ1n) is 9.52. The first kappa shape index (κ1) is 19.2. The van der Waals surface area contributed by atoms with E-state index in [4.69, 9.17) is 16.6 Å². The number of fused-ring (bicyclic) bond motifs is 1. The maximum Gasteiger partial charge on any atom is 0.233 e. The van der Waals surface area contributed by atoms with Crippen molar-refractivity contribution in [1.82, 2.24) is 14.5 Å². The minimum absolute atomic E-state index is 0.172. The van der Waals surface area contributed by atoms with E-state index in [-0.39, 0.29) is 5.91 Å². The molecule has 1 aliphatic rings. The minimum Gasteiger partial charge on any atom is -0.368 e. The molecule has 0 atom stereocenters. The summed E-state index contributed by atoms with van der Waals surface area (Å²) >= 11 is 7.62. The van der Waals surface area contributed by atoms with E-state index >= 15 is 0 Å². The van der Waals surface area contributed by atoms with Gasteiger partial charge in [0.25, 0.3) is 0 Å². The summed E-state index contributed by atoms with van der Waals surface area (Å²) in [6, 6.07) is 16.0. The van der Waals surface area contributed by atoms with Crippen LogP contribution in [0.3, 0.4) is 0 Å². The largest absolute Gasteiger partial charge is 0.368 e. The summed E-state index contributed by atoms with van der Waals surface area (Å²) in [7, 11) is 0. The van der Waals surface area contributed by atoms with E-state index in [9.17, 15) is 4.79 Å². The monoisotopic (exact) mass is 414 g/mol. The lowest BCUT2D eigenvalue weighted by atomic mass is 10.2. The predicted molar refractivity (Wildman–Crippen MR) is 116 cm³/mol. The van der Waals surface area contributed by atoms with Gasteiger partial charge < -0.3 is 14.4 Å². The van der Waals surface area contributed by atoms with Crippen LogP contribution in [0.15, 0.2) is 53.7 Å². The van der Waals surface area contributed by atoms with Crippen molar-refractivity contribution >= 4 is 46.0 Å². The Bertz CT molecular complexity index is 981. The van der Waals surface area contributed by atoms with Crippen molar-refractivity contribution in [2.24, 2.45) is 0 Å². The van der Waals surface area contributed by atoms with Gasteiger partial charge in [0.1, 0.15) is 0 Å². The number of carbonyl (C=O) groups excluding carboxylic acids is 1. The first-order chi connectivity index (χ1) is 13.7. The fraction of sp³-hybridized carbons (Fsp3) is 0.333. The summed E-state index contributed by atoms with van der Waals surface area (Å²) in [5.41, 5.74) is 3.22. The maximum absolute atomic E-state index is 12.7. The van der Waals surface area contributed by atoms with Crippen LogP contribution >= 0.6 is 23.4 Å². The molecule has 0 radical (unpaired) electrons. The number of nitrogens with zero attached hydrogens (tertiary/aromatic N) is 4. The smallest absolute Gasteiger partial charge is 0.233 e. The first-order valence-corrected chi connectivity index (χ1v) is 10.9. The number of hydrogen-bond donors (Lipinski definition) is 0. The van der Waals surface area contributed by atoms with E-state index in [1.54, 1.807) is 0 Å². The zero-order chi connectivity index (χ0) is 19.5. The summed E-state index contributed by atoms with van der Waals surface area (Å²) in [5.74, 6) is 0.589. The average molecular weight is 415 g/mol. The van der Waals surface area contributed by atoms with E-state index in [1.165, 1.54) is 11.8 Å². The Hall–Kier alpha value is -2.18. The molecule has 146 valence electrons. The van der Waals surface area contributed by atoms with Gasteiger partial charge in [-0.3, -0.25) is 4.79 Å². The van der Waals surface area contributed by atoms with Crippen LogP contribution in [0.2, 0.25) is 5.02 Å². The predicted octanol–water partition coefficient (Wildman–Crippen LogP) is 4.15. The molecule has 0 N–H and O–H groups in total. The molecule has 2 aromatic carbocycles. The molecule has 7 heteroatoms. The summed E-state index contributed by atoms with van der Waals surface area (Å²) in [6.07, 6.45) is 0. The van der Waals surface area contributed by atoms with Crippen molar-refractivity contribution in [1.29, 1.82) is 0 Å². The summed E-state index contributed by atoms with van der Waals surface area (Å²) in [4.78, 5) is 21.6. The third-order valence-corrected chi connectivity index (χ3v) is 6.26. The van der Waals surface area contributed by atoms with E-state index in [2.05, 4.69) is 28.5 Å². The van der Waals surface area contributed by atoms with Gasteiger partial charge in [0.05, 0.1) is 16.8 Å². The molecule has 0 spiro atoms. The van der Waals surface area contributed by atoms with Crippen LogP contribution in [0.5, 0.6) is 0 Å². The number of anilines is 1. The van der Waals surface area contributed by atoms with Crippen molar-refractivity contribution in [3.63, 3.8) is 0 Å². The van der Waals surface area contributed by atoms with Crippen LogP contribution in [0.1, 0.15) is 6.92 Å². The van der Waals surface area contributed by atoms with Crippen LogP contribution < -0.4 is 4.90 Å². The molecule has 4 rings (SSSR count). The minimum atomic E-state index is 0.172. The molecule has 1 aliphatic heterocycles. The van der Waals surface area contributed by atoms with Crippen LogP contribution in [0, 0.1) is 0 Å². The molecule has 1 amide bonds. The fourth-order valence-corrected chi connectivity index (χ4v) is 4.74. The molecule has 0 unspecified atom stereocenters. The molecule has 0 aliphatic carbocycles. The number of halogens is 1. The number of carbonyl (C=O) groups is 1. The molecular formula is C21H23ClN4OS. The SMILES string of the molecule is CCn1c(SCC(=O)N2CCN(c3cccc(Cl)c3)CC2)nc2ccccc21. The second-order valence-corrected chi connectivity index (χ2v) is 8.14. The number of aryl methyl sites for hydroxylation is 1. The van der Waals surface area contributed by atoms with E-state index in [0.717, 1.165) is 59.6 Å². The Labute approximate surface area is 174 Å². The van der Waals surface area contributed by atoms with Gasteiger partial charge in [0.2, 0.25) is 5.91 Å². The molecule has 28 heavy (non-hydrogen) atoms. The van der Waals surface area contributed by atoms with E-state index in [1.807, 2.05) is 41.3 Å². The van der Waals surface area contributed by atoms with Gasteiger partial charge in [-0.2, -0.15) is 0 Å². The van der Waals surface area contributed by atoms with Crippen LogP contribution in [0.25, 0.3) is 11.0 Å². The van der Waals surface area contributed by atoms with Crippen molar-refractivity contribution in [3.8, 4) is 0 Å². The Balaban J connectivity index is 1.35. The Morgan fingerprint density at radius 1 is 1.11 bits per heavy atom. The number of piperazine rings is 1. The maximum atomic E-state index is 12.7. The molecule has 5 nitrogen and oxygen atoms in total. The van der Waals surface area contributed by atoms with Crippen molar-refractivity contribution < 1.29 is 4.79 Å². The molecule has 2 heterocycles. The number of imidazole rings is 1. The molecule has 0 bridgehead atoms. The Kier molecular flexibility index (Phi) is 5.78. The number of hydrogen-bond acceptors (Lipinski definition) is 4. The van der Waals surface area contributed by atoms with Gasteiger partial charge in [0, 0.05) is 43.4 Å². The third-order valence-electron chi connectivity index (χ3n) is 5.07. The van der Waals surface area contributed by atoms with Gasteiger partial charge in [-0.1, -0.05) is 41.6 Å². The van der Waals surface area contributed by atoms with Gasteiger partial charge in [0.15, 0.2) is 5.16 Å². The normalized spacial score (nSPS) is 14.6. The average Bonchev–Trinajstić information content (AvgIpc) is 3.09. The Morgan fingerprint density at radius 3 is 2.64 bits per heavy atom. The second kappa shape index (κ2) is 8.45. The number of benzene rings is 2. The highest BCUT2D eigenvalue weighted by Gasteiger charge is 2.22. The summed E-state index contributed by atoms with van der Waals surface area (Å²) in [6.45, 7) is 6.06. The summed E-state index contributed by atoms with van der Waals surface area (Å²) < 4.78 is 2.17. The zero-order valence-electron chi connectivity index (χ0n) is 15.8. The lowest BCUT2D eigenvalue weighted by Gasteiger charge is -2.36. The number of rotatable bonds is 5. The standard InChI is InChI=1S/C21H23ClN4OS/c1-2-26-19-9-4-3-8-18(19)23-21(26)28-15-20(27)25-12-10-24(11-13-25)17-7-5-6-16(22)14-17/h3-9,14H,2,10-13,15H2,1H3. The van der Waals surface area contributed by atoms with Gasteiger partial charge in [-0.05, 0) is 37.3 Å². The highest BCUT2D eigenvalue weighted by atomic mass is 35.5. The van der Waals surface area contributed by atoms with Gasteiger partial charge in [-0.15, -0.1) is 0 Å². The quantitative estimate of drug-likeness (QED) is 0.588. The third kappa shape index (κ3) is 3.98. The fourth-order valence-electron chi connectivity index (χ4n) is 3.57. The van der Waals surface area contributed by atoms with Crippen LogP contribution in [-0.4, -0.2) is 52.3 Å². The van der Waals surface area contributed by atoms with E-state index in [0.29, 0.717) is 5.75 Å². The van der Waals surface area contributed by atoms with E-state index < -0.39 is 0 Å². The Morgan fingerprint density at radius 2 is 1.89 bits per heavy atom. The summed E-state index contributed by atoms with van der Waals surface area (Å²) in [5, 5.41) is 1.65.